The van der Waals surface area contributed by atoms with Gasteiger partial charge in [0.2, 0.25) is 5.91 Å². The average molecular weight is 446 g/mol. The van der Waals surface area contributed by atoms with Crippen LogP contribution >= 0.6 is 11.3 Å². The molecule has 160 valence electrons. The molecule has 0 radical (unpaired) electrons. The van der Waals surface area contributed by atoms with Crippen molar-refractivity contribution in [2.75, 3.05) is 5.75 Å². The fraction of sp³-hybridized carbons (Fsp3) is 0.364. The number of para-hydroxylation sites is 1. The highest BCUT2D eigenvalue weighted by Gasteiger charge is 2.27. The molecular weight excluding hydrogens is 418 g/mol. The quantitative estimate of drug-likeness (QED) is 0.445. The third-order valence-corrected chi connectivity index (χ3v) is 7.24. The summed E-state index contributed by atoms with van der Waals surface area (Å²) in [6, 6.07) is 15.7. The summed E-state index contributed by atoms with van der Waals surface area (Å²) in [5.41, 5.74) is 7.78. The molecule has 0 saturated carbocycles. The van der Waals surface area contributed by atoms with Crippen LogP contribution in [-0.4, -0.2) is 38.0 Å². The summed E-state index contributed by atoms with van der Waals surface area (Å²) in [4.78, 5) is 17.1. The molecule has 1 amide bonds. The zero-order valence-corrected chi connectivity index (χ0v) is 18.5. The van der Waals surface area contributed by atoms with E-state index < -0.39 is 34.9 Å². The normalized spacial score (nSPS) is 15.4. The molecule has 3 rings (SSSR count). The van der Waals surface area contributed by atoms with Gasteiger partial charge in [-0.05, 0) is 24.1 Å². The SMILES string of the molecule is CCCC(NC(=O)C(N)CS(=O)Cc1ccccc1)C(O)c1nc2ccccc2s1. The number of hydrogen-bond donors (Lipinski definition) is 3. The molecule has 2 aromatic carbocycles. The number of amides is 1. The van der Waals surface area contributed by atoms with Gasteiger partial charge in [0.1, 0.15) is 11.1 Å². The first kappa shape index (κ1) is 22.6. The van der Waals surface area contributed by atoms with Crippen molar-refractivity contribution in [3.05, 3.63) is 65.2 Å². The van der Waals surface area contributed by atoms with E-state index in [0.29, 0.717) is 17.2 Å². The van der Waals surface area contributed by atoms with Gasteiger partial charge in [0.05, 0.1) is 22.3 Å². The predicted octanol–water partition coefficient (Wildman–Crippen LogP) is 2.89. The van der Waals surface area contributed by atoms with Crippen LogP contribution in [0.3, 0.4) is 0 Å². The van der Waals surface area contributed by atoms with Crippen LogP contribution in [0.1, 0.15) is 36.4 Å². The van der Waals surface area contributed by atoms with Crippen molar-refractivity contribution in [3.8, 4) is 0 Å². The molecule has 6 nitrogen and oxygen atoms in total. The van der Waals surface area contributed by atoms with Gasteiger partial charge in [0.15, 0.2) is 0 Å². The summed E-state index contributed by atoms with van der Waals surface area (Å²) in [7, 11) is -1.26. The third kappa shape index (κ3) is 5.95. The highest BCUT2D eigenvalue weighted by molar-refractivity contribution is 7.84. The van der Waals surface area contributed by atoms with Crippen molar-refractivity contribution in [2.45, 2.75) is 43.7 Å². The monoisotopic (exact) mass is 445 g/mol. The number of fused-ring (bicyclic) bond motifs is 1. The molecule has 1 heterocycles. The van der Waals surface area contributed by atoms with Gasteiger partial charge in [0, 0.05) is 22.3 Å². The summed E-state index contributed by atoms with van der Waals surface area (Å²) >= 11 is 1.41. The molecule has 3 aromatic rings. The molecule has 30 heavy (non-hydrogen) atoms. The fourth-order valence-corrected chi connectivity index (χ4v) is 5.45. The number of nitrogens with zero attached hydrogens (tertiary/aromatic N) is 1. The van der Waals surface area contributed by atoms with Crippen LogP contribution in [0, 0.1) is 0 Å². The zero-order chi connectivity index (χ0) is 21.5. The van der Waals surface area contributed by atoms with Gasteiger partial charge in [-0.3, -0.25) is 9.00 Å². The van der Waals surface area contributed by atoms with Crippen LogP contribution in [0.5, 0.6) is 0 Å². The van der Waals surface area contributed by atoms with Gasteiger partial charge in [-0.25, -0.2) is 4.98 Å². The van der Waals surface area contributed by atoms with Gasteiger partial charge in [-0.1, -0.05) is 55.8 Å². The van der Waals surface area contributed by atoms with Crippen LogP contribution in [0.15, 0.2) is 54.6 Å². The Morgan fingerprint density at radius 1 is 1.20 bits per heavy atom. The lowest BCUT2D eigenvalue weighted by molar-refractivity contribution is -0.123. The first-order valence-corrected chi connectivity index (χ1v) is 12.3. The minimum Gasteiger partial charge on any atom is -0.384 e. The van der Waals surface area contributed by atoms with Crippen LogP contribution in [0.4, 0.5) is 0 Å². The summed E-state index contributed by atoms with van der Waals surface area (Å²) in [5, 5.41) is 14.3. The lowest BCUT2D eigenvalue weighted by Crippen LogP contribution is -2.49. The summed E-state index contributed by atoms with van der Waals surface area (Å²) < 4.78 is 13.4. The van der Waals surface area contributed by atoms with Gasteiger partial charge < -0.3 is 16.2 Å². The van der Waals surface area contributed by atoms with Gasteiger partial charge >= 0.3 is 0 Å². The third-order valence-electron chi connectivity index (χ3n) is 4.74. The van der Waals surface area contributed by atoms with E-state index in [2.05, 4.69) is 10.3 Å². The summed E-state index contributed by atoms with van der Waals surface area (Å²) in [6.45, 7) is 1.99. The Morgan fingerprint density at radius 2 is 1.90 bits per heavy atom. The first-order chi connectivity index (χ1) is 14.5. The number of thiazole rings is 1. The van der Waals surface area contributed by atoms with Crippen molar-refractivity contribution >= 4 is 38.3 Å². The van der Waals surface area contributed by atoms with Gasteiger partial charge in [-0.2, -0.15) is 0 Å². The standard InChI is InChI=1S/C22H27N3O3S2/c1-2-8-18(20(26)22-25-17-11-6-7-12-19(17)29-22)24-21(27)16(23)14-30(28)13-15-9-4-3-5-10-15/h3-7,9-12,16,18,20,26H,2,8,13-14,23H2,1H3,(H,24,27). The maximum Gasteiger partial charge on any atom is 0.238 e. The van der Waals surface area contributed by atoms with E-state index in [4.69, 9.17) is 5.73 Å². The number of nitrogens with two attached hydrogens (primary N) is 1. The summed E-state index contributed by atoms with van der Waals surface area (Å²) in [5.74, 6) is 0.0146. The Bertz CT molecular complexity index is 960. The fourth-order valence-electron chi connectivity index (χ4n) is 3.19. The molecule has 1 aromatic heterocycles. The molecular formula is C22H27N3O3S2. The lowest BCUT2D eigenvalue weighted by Gasteiger charge is -2.24. The Kier molecular flexibility index (Phi) is 8.09. The lowest BCUT2D eigenvalue weighted by atomic mass is 10.1. The molecule has 0 aliphatic carbocycles. The number of aromatic nitrogens is 1. The van der Waals surface area contributed by atoms with Crippen LogP contribution < -0.4 is 11.1 Å². The van der Waals surface area contributed by atoms with Crippen LogP contribution in [0.2, 0.25) is 0 Å². The largest absolute Gasteiger partial charge is 0.384 e. The Morgan fingerprint density at radius 3 is 2.60 bits per heavy atom. The van der Waals surface area contributed by atoms with Crippen LogP contribution in [-0.2, 0) is 21.3 Å². The molecule has 0 saturated heterocycles. The maximum absolute atomic E-state index is 12.6. The Hall–Kier alpha value is -2.13. The number of carbonyl (C=O) groups is 1. The van der Waals surface area contributed by atoms with E-state index in [9.17, 15) is 14.1 Å². The first-order valence-electron chi connectivity index (χ1n) is 9.96. The molecule has 0 bridgehead atoms. The second-order valence-corrected chi connectivity index (χ2v) is 9.78. The van der Waals surface area contributed by atoms with E-state index in [0.717, 1.165) is 22.2 Å². The zero-order valence-electron chi connectivity index (χ0n) is 16.9. The smallest absolute Gasteiger partial charge is 0.238 e. The molecule has 4 N–H and O–H groups in total. The highest BCUT2D eigenvalue weighted by atomic mass is 32.2. The molecule has 4 atom stereocenters. The number of benzene rings is 2. The topological polar surface area (TPSA) is 105 Å². The second-order valence-electron chi connectivity index (χ2n) is 7.21. The molecule has 4 unspecified atom stereocenters. The number of aliphatic hydroxyl groups is 1. The maximum atomic E-state index is 12.6. The van der Waals surface area contributed by atoms with Crippen molar-refractivity contribution in [1.82, 2.24) is 10.3 Å². The number of nitrogens with one attached hydrogen (secondary N) is 1. The predicted molar refractivity (Wildman–Crippen MR) is 123 cm³/mol. The highest BCUT2D eigenvalue weighted by Crippen LogP contribution is 2.29. The molecule has 0 aliphatic rings. The van der Waals surface area contributed by atoms with Crippen molar-refractivity contribution in [3.63, 3.8) is 0 Å². The van der Waals surface area contributed by atoms with E-state index in [1.54, 1.807) is 0 Å². The van der Waals surface area contributed by atoms with Crippen LogP contribution in [0.25, 0.3) is 10.2 Å². The Labute approximate surface area is 183 Å². The van der Waals surface area contributed by atoms with Gasteiger partial charge in [-0.15, -0.1) is 11.3 Å². The van der Waals surface area contributed by atoms with Crippen molar-refractivity contribution in [1.29, 1.82) is 0 Å². The molecule has 0 fully saturated rings. The number of rotatable bonds is 10. The second kappa shape index (κ2) is 10.8. The average Bonchev–Trinajstić information content (AvgIpc) is 3.17. The van der Waals surface area contributed by atoms with E-state index >= 15 is 0 Å². The van der Waals surface area contributed by atoms with E-state index in [1.165, 1.54) is 11.3 Å². The van der Waals surface area contributed by atoms with E-state index in [1.807, 2.05) is 61.5 Å². The summed E-state index contributed by atoms with van der Waals surface area (Å²) in [6.07, 6.45) is 0.443. The molecule has 8 heteroatoms. The number of aliphatic hydroxyl groups excluding tert-OH is 1. The minimum absolute atomic E-state index is 0.0663. The molecule has 0 spiro atoms. The van der Waals surface area contributed by atoms with Crippen molar-refractivity contribution in [2.24, 2.45) is 5.73 Å². The Balaban J connectivity index is 1.61. The number of carbonyl (C=O) groups excluding carboxylic acids is 1. The van der Waals surface area contributed by atoms with Crippen molar-refractivity contribution < 1.29 is 14.1 Å². The minimum atomic E-state index is -1.26. The van der Waals surface area contributed by atoms with E-state index in [-0.39, 0.29) is 5.75 Å². The number of hydrogen-bond acceptors (Lipinski definition) is 6. The van der Waals surface area contributed by atoms with Gasteiger partial charge in [0.25, 0.3) is 0 Å². The molecule has 0 aliphatic heterocycles.